The molecule has 0 saturated heterocycles. The number of rotatable bonds is 8. The van der Waals surface area contributed by atoms with E-state index >= 15 is 0 Å². The van der Waals surface area contributed by atoms with Crippen LogP contribution in [0.5, 0.6) is 0 Å². The lowest BCUT2D eigenvalue weighted by atomic mass is 10.2. The topological polar surface area (TPSA) is 73.9 Å². The summed E-state index contributed by atoms with van der Waals surface area (Å²) in [7, 11) is 0. The standard InChI is InChI=1S/C19H20ClN5O/c20-16-6-3-5-15(13-16)14-25(17-7-1-2-9-21-17)12-4-10-22-19-23-11-8-18(26)24-19/h1-3,5-9,11,13H,4,10,12,14H2,(H2,22,23,24,26). The number of hydrogen-bond donors (Lipinski definition) is 2. The quantitative estimate of drug-likeness (QED) is 0.596. The first-order valence-corrected chi connectivity index (χ1v) is 8.78. The van der Waals surface area contributed by atoms with Gasteiger partial charge in [0.1, 0.15) is 5.82 Å². The Hall–Kier alpha value is -2.86. The number of anilines is 2. The third kappa shape index (κ3) is 5.32. The molecule has 0 radical (unpaired) electrons. The first kappa shape index (κ1) is 17.9. The molecule has 7 heteroatoms. The van der Waals surface area contributed by atoms with Crippen LogP contribution in [0.15, 0.2) is 65.7 Å². The van der Waals surface area contributed by atoms with Gasteiger partial charge in [0, 0.05) is 43.1 Å². The van der Waals surface area contributed by atoms with Crippen LogP contribution in [0, 0.1) is 0 Å². The largest absolute Gasteiger partial charge is 0.356 e. The summed E-state index contributed by atoms with van der Waals surface area (Å²) in [6.07, 6.45) is 4.13. The molecule has 0 unspecified atom stereocenters. The summed E-state index contributed by atoms with van der Waals surface area (Å²) < 4.78 is 0. The highest BCUT2D eigenvalue weighted by Gasteiger charge is 2.09. The van der Waals surface area contributed by atoms with Crippen molar-refractivity contribution in [3.8, 4) is 0 Å². The molecule has 0 saturated carbocycles. The summed E-state index contributed by atoms with van der Waals surface area (Å²) in [5.41, 5.74) is 0.962. The second-order valence-corrected chi connectivity index (χ2v) is 6.24. The van der Waals surface area contributed by atoms with Crippen molar-refractivity contribution < 1.29 is 0 Å². The molecule has 0 atom stereocenters. The molecule has 3 aromatic rings. The fraction of sp³-hybridized carbons (Fsp3) is 0.211. The molecule has 1 aromatic carbocycles. The van der Waals surface area contributed by atoms with Crippen LogP contribution in [0.3, 0.4) is 0 Å². The molecular weight excluding hydrogens is 350 g/mol. The average molecular weight is 370 g/mol. The SMILES string of the molecule is O=c1ccnc(NCCCN(Cc2cccc(Cl)c2)c2ccccn2)[nH]1. The number of H-pyrrole nitrogens is 1. The van der Waals surface area contributed by atoms with E-state index in [1.54, 1.807) is 6.20 Å². The highest BCUT2D eigenvalue weighted by Crippen LogP contribution is 2.17. The van der Waals surface area contributed by atoms with Crippen molar-refractivity contribution in [1.29, 1.82) is 0 Å². The van der Waals surface area contributed by atoms with E-state index in [2.05, 4.69) is 31.2 Å². The summed E-state index contributed by atoms with van der Waals surface area (Å²) in [5.74, 6) is 1.40. The van der Waals surface area contributed by atoms with Gasteiger partial charge in [-0.1, -0.05) is 29.8 Å². The van der Waals surface area contributed by atoms with Crippen LogP contribution in [-0.4, -0.2) is 28.0 Å². The third-order valence-electron chi connectivity index (χ3n) is 3.80. The highest BCUT2D eigenvalue weighted by atomic mass is 35.5. The van der Waals surface area contributed by atoms with Crippen molar-refractivity contribution in [3.05, 3.63) is 81.9 Å². The van der Waals surface area contributed by atoms with Gasteiger partial charge >= 0.3 is 0 Å². The van der Waals surface area contributed by atoms with E-state index in [0.29, 0.717) is 12.5 Å². The number of aromatic amines is 1. The van der Waals surface area contributed by atoms with E-state index in [1.165, 1.54) is 12.3 Å². The van der Waals surface area contributed by atoms with Gasteiger partial charge in [0.05, 0.1) is 0 Å². The minimum Gasteiger partial charge on any atom is -0.356 e. The number of aromatic nitrogens is 3. The van der Waals surface area contributed by atoms with Gasteiger partial charge in [0.15, 0.2) is 0 Å². The second kappa shape index (κ2) is 9.01. The molecular formula is C19H20ClN5O. The lowest BCUT2D eigenvalue weighted by molar-refractivity contribution is 0.735. The molecule has 0 aliphatic rings. The molecule has 0 bridgehead atoms. The second-order valence-electron chi connectivity index (χ2n) is 5.80. The van der Waals surface area contributed by atoms with Gasteiger partial charge in [0.25, 0.3) is 5.56 Å². The Morgan fingerprint density at radius 2 is 2.00 bits per heavy atom. The number of pyridine rings is 1. The van der Waals surface area contributed by atoms with Crippen LogP contribution >= 0.6 is 11.6 Å². The minimum absolute atomic E-state index is 0.168. The first-order valence-electron chi connectivity index (χ1n) is 8.40. The number of nitrogens with zero attached hydrogens (tertiary/aromatic N) is 3. The zero-order valence-electron chi connectivity index (χ0n) is 14.2. The Labute approximate surface area is 156 Å². The summed E-state index contributed by atoms with van der Waals surface area (Å²) in [6.45, 7) is 2.21. The Kier molecular flexibility index (Phi) is 6.22. The van der Waals surface area contributed by atoms with Gasteiger partial charge in [-0.3, -0.25) is 9.78 Å². The monoisotopic (exact) mass is 369 g/mol. The number of benzene rings is 1. The first-order chi connectivity index (χ1) is 12.7. The summed E-state index contributed by atoms with van der Waals surface area (Å²) in [6, 6.07) is 15.1. The normalized spacial score (nSPS) is 10.5. The molecule has 2 N–H and O–H groups in total. The fourth-order valence-corrected chi connectivity index (χ4v) is 2.82. The Bertz CT molecular complexity index is 884. The maximum atomic E-state index is 11.3. The van der Waals surface area contributed by atoms with E-state index in [9.17, 15) is 4.79 Å². The van der Waals surface area contributed by atoms with Crippen molar-refractivity contribution >= 4 is 23.4 Å². The maximum absolute atomic E-state index is 11.3. The van der Waals surface area contributed by atoms with Gasteiger partial charge < -0.3 is 10.2 Å². The molecule has 0 aliphatic carbocycles. The summed E-state index contributed by atoms with van der Waals surface area (Å²) in [5, 5.41) is 3.86. The van der Waals surface area contributed by atoms with Crippen LogP contribution in [-0.2, 0) is 6.54 Å². The average Bonchev–Trinajstić information content (AvgIpc) is 2.65. The van der Waals surface area contributed by atoms with E-state index in [0.717, 1.165) is 35.9 Å². The minimum atomic E-state index is -0.168. The summed E-state index contributed by atoms with van der Waals surface area (Å²) in [4.78, 5) is 24.7. The van der Waals surface area contributed by atoms with Gasteiger partial charge in [-0.25, -0.2) is 9.97 Å². The maximum Gasteiger partial charge on any atom is 0.252 e. The molecule has 0 aliphatic heterocycles. The van der Waals surface area contributed by atoms with E-state index < -0.39 is 0 Å². The molecule has 0 fully saturated rings. The van der Waals surface area contributed by atoms with E-state index in [1.807, 2.05) is 36.4 Å². The van der Waals surface area contributed by atoms with Crippen LogP contribution in [0.1, 0.15) is 12.0 Å². The fourth-order valence-electron chi connectivity index (χ4n) is 2.61. The Morgan fingerprint density at radius 1 is 1.08 bits per heavy atom. The molecule has 3 rings (SSSR count). The van der Waals surface area contributed by atoms with Crippen molar-refractivity contribution in [2.45, 2.75) is 13.0 Å². The van der Waals surface area contributed by atoms with Crippen molar-refractivity contribution in [2.75, 3.05) is 23.3 Å². The molecule has 134 valence electrons. The predicted molar refractivity (Wildman–Crippen MR) is 105 cm³/mol. The van der Waals surface area contributed by atoms with Crippen molar-refractivity contribution in [3.63, 3.8) is 0 Å². The summed E-state index contributed by atoms with van der Waals surface area (Å²) >= 11 is 6.10. The zero-order chi connectivity index (χ0) is 18.2. The molecule has 26 heavy (non-hydrogen) atoms. The number of nitrogens with one attached hydrogen (secondary N) is 2. The van der Waals surface area contributed by atoms with Gasteiger partial charge in [-0.2, -0.15) is 0 Å². The molecule has 0 spiro atoms. The predicted octanol–water partition coefficient (Wildman–Crippen LogP) is 3.33. The van der Waals surface area contributed by atoms with Crippen LogP contribution in [0.25, 0.3) is 0 Å². The van der Waals surface area contributed by atoms with E-state index in [-0.39, 0.29) is 5.56 Å². The van der Waals surface area contributed by atoms with Crippen molar-refractivity contribution in [2.24, 2.45) is 0 Å². The highest BCUT2D eigenvalue weighted by molar-refractivity contribution is 6.30. The molecule has 2 aromatic heterocycles. The Morgan fingerprint density at radius 3 is 2.77 bits per heavy atom. The number of halogens is 1. The molecule has 0 amide bonds. The van der Waals surface area contributed by atoms with Crippen LogP contribution in [0.2, 0.25) is 5.02 Å². The molecule has 2 heterocycles. The van der Waals surface area contributed by atoms with E-state index in [4.69, 9.17) is 11.6 Å². The number of hydrogen-bond acceptors (Lipinski definition) is 5. The van der Waals surface area contributed by atoms with Crippen LogP contribution < -0.4 is 15.8 Å². The lowest BCUT2D eigenvalue weighted by Crippen LogP contribution is -2.26. The third-order valence-corrected chi connectivity index (χ3v) is 4.04. The lowest BCUT2D eigenvalue weighted by Gasteiger charge is -2.24. The van der Waals surface area contributed by atoms with Gasteiger partial charge in [-0.05, 0) is 36.2 Å². The molecule has 6 nitrogen and oxygen atoms in total. The Balaban J connectivity index is 1.61. The van der Waals surface area contributed by atoms with Crippen LogP contribution in [0.4, 0.5) is 11.8 Å². The zero-order valence-corrected chi connectivity index (χ0v) is 15.0. The smallest absolute Gasteiger partial charge is 0.252 e. The van der Waals surface area contributed by atoms with Gasteiger partial charge in [0.2, 0.25) is 5.95 Å². The van der Waals surface area contributed by atoms with Gasteiger partial charge in [-0.15, -0.1) is 0 Å². The van der Waals surface area contributed by atoms with Crippen molar-refractivity contribution in [1.82, 2.24) is 15.0 Å².